The maximum absolute atomic E-state index is 11.5. The third-order valence-electron chi connectivity index (χ3n) is 2.33. The summed E-state index contributed by atoms with van der Waals surface area (Å²) < 4.78 is 25.4. The molecule has 2 N–H and O–H groups in total. The molecule has 1 rings (SSSR count). The summed E-state index contributed by atoms with van der Waals surface area (Å²) in [4.78, 5) is 10.4. The van der Waals surface area contributed by atoms with Crippen molar-refractivity contribution in [2.24, 2.45) is 0 Å². The Labute approximate surface area is 106 Å². The Bertz CT molecular complexity index is 576. The molecule has 0 aliphatic heterocycles. The molecule has 0 saturated heterocycles. The standard InChI is InChI=1S/C12H15NO4S/c1-3-18(16,17)13-11-8-10(5-4-9(11)2)6-7-12(14)15/h4-8,13H,3H2,1-2H3,(H,14,15)/b7-6+. The average molecular weight is 269 g/mol. The van der Waals surface area contributed by atoms with Gasteiger partial charge in [-0.2, -0.15) is 0 Å². The van der Waals surface area contributed by atoms with E-state index in [-0.39, 0.29) is 5.75 Å². The number of rotatable bonds is 5. The minimum absolute atomic E-state index is 0.0123. The lowest BCUT2D eigenvalue weighted by Gasteiger charge is -2.09. The summed E-state index contributed by atoms with van der Waals surface area (Å²) in [6.07, 6.45) is 2.41. The molecule has 0 heterocycles. The topological polar surface area (TPSA) is 83.5 Å². The van der Waals surface area contributed by atoms with E-state index in [4.69, 9.17) is 5.11 Å². The minimum Gasteiger partial charge on any atom is -0.478 e. The lowest BCUT2D eigenvalue weighted by Crippen LogP contribution is -2.15. The molecule has 0 saturated carbocycles. The number of sulfonamides is 1. The van der Waals surface area contributed by atoms with Crippen LogP contribution in [0.1, 0.15) is 18.1 Å². The molecule has 0 aromatic heterocycles. The molecule has 0 amide bonds. The Balaban J connectivity index is 3.06. The van der Waals surface area contributed by atoms with Gasteiger partial charge in [0.2, 0.25) is 10.0 Å². The van der Waals surface area contributed by atoms with Gasteiger partial charge in [0.15, 0.2) is 0 Å². The van der Waals surface area contributed by atoms with Crippen molar-refractivity contribution in [3.05, 3.63) is 35.4 Å². The van der Waals surface area contributed by atoms with E-state index >= 15 is 0 Å². The van der Waals surface area contributed by atoms with Crippen LogP contribution in [0.4, 0.5) is 5.69 Å². The maximum Gasteiger partial charge on any atom is 0.328 e. The van der Waals surface area contributed by atoms with Gasteiger partial charge in [-0.25, -0.2) is 13.2 Å². The van der Waals surface area contributed by atoms with Crippen molar-refractivity contribution >= 4 is 27.8 Å². The van der Waals surface area contributed by atoms with E-state index < -0.39 is 16.0 Å². The van der Waals surface area contributed by atoms with Crippen LogP contribution in [-0.2, 0) is 14.8 Å². The summed E-state index contributed by atoms with van der Waals surface area (Å²) in [6, 6.07) is 5.05. The van der Waals surface area contributed by atoms with Gasteiger partial charge in [-0.05, 0) is 37.1 Å². The van der Waals surface area contributed by atoms with E-state index in [1.54, 1.807) is 32.0 Å². The number of aryl methyl sites for hydroxylation is 1. The minimum atomic E-state index is -3.33. The second-order valence-electron chi connectivity index (χ2n) is 3.75. The van der Waals surface area contributed by atoms with Gasteiger partial charge in [0, 0.05) is 6.08 Å². The summed E-state index contributed by atoms with van der Waals surface area (Å²) in [5.41, 5.74) is 1.86. The maximum atomic E-state index is 11.5. The summed E-state index contributed by atoms with van der Waals surface area (Å²) >= 11 is 0. The quantitative estimate of drug-likeness (QED) is 0.799. The fourth-order valence-electron chi connectivity index (χ4n) is 1.26. The van der Waals surface area contributed by atoms with Gasteiger partial charge in [-0.1, -0.05) is 12.1 Å². The van der Waals surface area contributed by atoms with Gasteiger partial charge < -0.3 is 5.11 Å². The van der Waals surface area contributed by atoms with Crippen LogP contribution >= 0.6 is 0 Å². The van der Waals surface area contributed by atoms with Crippen LogP contribution in [0.25, 0.3) is 6.08 Å². The average Bonchev–Trinajstić information content (AvgIpc) is 2.30. The number of carbonyl (C=O) groups is 1. The van der Waals surface area contributed by atoms with Crippen LogP contribution in [0.3, 0.4) is 0 Å². The highest BCUT2D eigenvalue weighted by molar-refractivity contribution is 7.92. The molecule has 5 nitrogen and oxygen atoms in total. The molecule has 18 heavy (non-hydrogen) atoms. The highest BCUT2D eigenvalue weighted by Gasteiger charge is 2.08. The zero-order chi connectivity index (χ0) is 13.8. The van der Waals surface area contributed by atoms with Gasteiger partial charge in [0.05, 0.1) is 11.4 Å². The molecule has 0 aliphatic rings. The first kappa shape index (κ1) is 14.2. The van der Waals surface area contributed by atoms with Crippen LogP contribution < -0.4 is 4.72 Å². The van der Waals surface area contributed by atoms with E-state index in [0.29, 0.717) is 11.3 Å². The molecule has 0 radical (unpaired) electrons. The Morgan fingerprint density at radius 1 is 1.44 bits per heavy atom. The van der Waals surface area contributed by atoms with E-state index in [2.05, 4.69) is 4.72 Å². The largest absolute Gasteiger partial charge is 0.478 e. The Kier molecular flexibility index (Phi) is 4.49. The van der Waals surface area contributed by atoms with Crippen LogP contribution in [0.2, 0.25) is 0 Å². The molecule has 6 heteroatoms. The van der Waals surface area contributed by atoms with E-state index in [1.165, 1.54) is 6.08 Å². The SMILES string of the molecule is CCS(=O)(=O)Nc1cc(/C=C/C(=O)O)ccc1C. The lowest BCUT2D eigenvalue weighted by atomic mass is 10.1. The van der Waals surface area contributed by atoms with Crippen molar-refractivity contribution < 1.29 is 18.3 Å². The number of anilines is 1. The van der Waals surface area contributed by atoms with Gasteiger partial charge in [0.1, 0.15) is 0 Å². The molecule has 0 fully saturated rings. The number of hydrogen-bond donors (Lipinski definition) is 2. The molecule has 1 aromatic carbocycles. The first-order valence-electron chi connectivity index (χ1n) is 5.36. The zero-order valence-corrected chi connectivity index (χ0v) is 11.0. The second kappa shape index (κ2) is 5.68. The Morgan fingerprint density at radius 2 is 2.11 bits per heavy atom. The van der Waals surface area contributed by atoms with E-state index in [1.807, 2.05) is 0 Å². The predicted octanol–water partition coefficient (Wildman–Crippen LogP) is 1.85. The van der Waals surface area contributed by atoms with E-state index in [0.717, 1.165) is 11.6 Å². The van der Waals surface area contributed by atoms with Gasteiger partial charge >= 0.3 is 5.97 Å². The monoisotopic (exact) mass is 269 g/mol. The van der Waals surface area contributed by atoms with Crippen molar-refractivity contribution in [2.45, 2.75) is 13.8 Å². The Hall–Kier alpha value is -1.82. The molecule has 0 bridgehead atoms. The molecule has 0 unspecified atom stereocenters. The zero-order valence-electron chi connectivity index (χ0n) is 10.2. The molecular formula is C12H15NO4S. The second-order valence-corrected chi connectivity index (χ2v) is 5.76. The third-order valence-corrected chi connectivity index (χ3v) is 3.62. The highest BCUT2D eigenvalue weighted by Crippen LogP contribution is 2.19. The van der Waals surface area contributed by atoms with E-state index in [9.17, 15) is 13.2 Å². The van der Waals surface area contributed by atoms with Crippen molar-refractivity contribution in [3.8, 4) is 0 Å². The van der Waals surface area contributed by atoms with Crippen molar-refractivity contribution in [1.29, 1.82) is 0 Å². The van der Waals surface area contributed by atoms with Crippen LogP contribution in [0.15, 0.2) is 24.3 Å². The first-order chi connectivity index (χ1) is 8.34. The first-order valence-corrected chi connectivity index (χ1v) is 7.01. The Morgan fingerprint density at radius 3 is 2.67 bits per heavy atom. The van der Waals surface area contributed by atoms with Crippen molar-refractivity contribution in [2.75, 3.05) is 10.5 Å². The third kappa shape index (κ3) is 4.21. The summed E-state index contributed by atoms with van der Waals surface area (Å²) in [5.74, 6) is -1.06. The summed E-state index contributed by atoms with van der Waals surface area (Å²) in [7, 11) is -3.33. The number of benzene rings is 1. The molecule has 98 valence electrons. The highest BCUT2D eigenvalue weighted by atomic mass is 32.2. The summed E-state index contributed by atoms with van der Waals surface area (Å²) in [6.45, 7) is 3.32. The normalized spacial score (nSPS) is 11.7. The predicted molar refractivity (Wildman–Crippen MR) is 70.9 cm³/mol. The van der Waals surface area contributed by atoms with Gasteiger partial charge in [-0.15, -0.1) is 0 Å². The lowest BCUT2D eigenvalue weighted by molar-refractivity contribution is -0.131. The van der Waals surface area contributed by atoms with Crippen LogP contribution in [0, 0.1) is 6.92 Å². The molecule has 1 aromatic rings. The molecular weight excluding hydrogens is 254 g/mol. The molecule has 0 spiro atoms. The van der Waals surface area contributed by atoms with Crippen molar-refractivity contribution in [1.82, 2.24) is 0 Å². The van der Waals surface area contributed by atoms with Crippen LogP contribution in [-0.4, -0.2) is 25.2 Å². The smallest absolute Gasteiger partial charge is 0.328 e. The van der Waals surface area contributed by atoms with Crippen LogP contribution in [0.5, 0.6) is 0 Å². The fraction of sp³-hybridized carbons (Fsp3) is 0.250. The number of carboxylic acid groups (broad SMARTS) is 1. The number of aliphatic carboxylic acids is 1. The van der Waals surface area contributed by atoms with Gasteiger partial charge in [0.25, 0.3) is 0 Å². The number of hydrogen-bond acceptors (Lipinski definition) is 3. The van der Waals surface area contributed by atoms with Crippen molar-refractivity contribution in [3.63, 3.8) is 0 Å². The fourth-order valence-corrected chi connectivity index (χ4v) is 1.96. The van der Waals surface area contributed by atoms with Gasteiger partial charge in [-0.3, -0.25) is 4.72 Å². The molecule has 0 atom stereocenters. The molecule has 0 aliphatic carbocycles. The number of nitrogens with one attached hydrogen (secondary N) is 1. The number of carboxylic acids is 1. The summed E-state index contributed by atoms with van der Waals surface area (Å²) in [5, 5.41) is 8.52.